The average molecular weight is 310 g/mol. The van der Waals surface area contributed by atoms with E-state index >= 15 is 0 Å². The van der Waals surface area contributed by atoms with E-state index in [0.717, 1.165) is 24.2 Å². The van der Waals surface area contributed by atoms with Crippen molar-refractivity contribution in [2.45, 2.75) is 19.0 Å². The summed E-state index contributed by atoms with van der Waals surface area (Å²) in [5.41, 5.74) is 3.57. The predicted octanol–water partition coefficient (Wildman–Crippen LogP) is 5.21. The zero-order valence-electron chi connectivity index (χ0n) is 10.8. The number of para-hydroxylation sites is 1. The summed E-state index contributed by atoms with van der Waals surface area (Å²) in [4.78, 5) is 0. The van der Waals surface area contributed by atoms with Crippen molar-refractivity contribution in [1.82, 2.24) is 0 Å². The summed E-state index contributed by atoms with van der Waals surface area (Å²) in [6, 6.07) is 10.9. The molecule has 2 aromatic carbocycles. The highest BCUT2D eigenvalue weighted by Crippen LogP contribution is 2.35. The van der Waals surface area contributed by atoms with Crippen LogP contribution in [0, 0.1) is 0 Å². The number of benzene rings is 2. The van der Waals surface area contributed by atoms with E-state index in [1.807, 2.05) is 18.2 Å². The summed E-state index contributed by atoms with van der Waals surface area (Å²) in [7, 11) is 0. The molecule has 1 heterocycles. The van der Waals surface area contributed by atoms with Crippen LogP contribution in [-0.2, 0) is 12.8 Å². The first-order valence-electron chi connectivity index (χ1n) is 6.59. The van der Waals surface area contributed by atoms with Crippen LogP contribution in [0.15, 0.2) is 36.4 Å². The quantitative estimate of drug-likeness (QED) is 0.820. The fourth-order valence-corrected chi connectivity index (χ4v) is 3.02. The maximum atomic E-state index is 14.6. The van der Waals surface area contributed by atoms with Crippen LogP contribution in [0.2, 0.25) is 10.0 Å². The molecule has 3 rings (SSSR count). The van der Waals surface area contributed by atoms with Crippen LogP contribution in [0.1, 0.15) is 22.9 Å². The molecule has 0 aromatic heterocycles. The zero-order chi connectivity index (χ0) is 14.1. The molecule has 0 amide bonds. The van der Waals surface area contributed by atoms with Crippen LogP contribution in [-0.4, -0.2) is 6.54 Å². The molecule has 0 bridgehead atoms. The van der Waals surface area contributed by atoms with Gasteiger partial charge < -0.3 is 5.32 Å². The lowest BCUT2D eigenvalue weighted by molar-refractivity contribution is 0.343. The van der Waals surface area contributed by atoms with Gasteiger partial charge in [-0.2, -0.15) is 0 Å². The summed E-state index contributed by atoms with van der Waals surface area (Å²) < 4.78 is 14.6. The third-order valence-corrected chi connectivity index (χ3v) is 4.23. The van der Waals surface area contributed by atoms with Crippen molar-refractivity contribution < 1.29 is 4.39 Å². The topological polar surface area (TPSA) is 12.0 Å². The number of fused-ring (bicyclic) bond motifs is 1. The Hall–Kier alpha value is -1.25. The van der Waals surface area contributed by atoms with Crippen molar-refractivity contribution in [3.8, 4) is 0 Å². The highest BCUT2D eigenvalue weighted by Gasteiger charge is 2.21. The van der Waals surface area contributed by atoms with Gasteiger partial charge in [-0.05, 0) is 35.7 Å². The van der Waals surface area contributed by atoms with Crippen molar-refractivity contribution >= 4 is 28.9 Å². The van der Waals surface area contributed by atoms with Gasteiger partial charge in [-0.15, -0.1) is 0 Å². The molecule has 104 valence electrons. The van der Waals surface area contributed by atoms with Gasteiger partial charge in [-0.3, -0.25) is 0 Å². The monoisotopic (exact) mass is 309 g/mol. The Labute approximate surface area is 127 Å². The van der Waals surface area contributed by atoms with Gasteiger partial charge in [0.25, 0.3) is 0 Å². The van der Waals surface area contributed by atoms with E-state index in [4.69, 9.17) is 23.2 Å². The van der Waals surface area contributed by atoms with E-state index in [0.29, 0.717) is 15.6 Å². The van der Waals surface area contributed by atoms with Gasteiger partial charge >= 0.3 is 0 Å². The summed E-state index contributed by atoms with van der Waals surface area (Å²) in [6.07, 6.45) is 0.0947. The minimum atomic E-state index is -1.09. The van der Waals surface area contributed by atoms with Gasteiger partial charge in [0, 0.05) is 34.3 Å². The van der Waals surface area contributed by atoms with Crippen LogP contribution in [0.4, 0.5) is 10.1 Å². The van der Waals surface area contributed by atoms with E-state index in [-0.39, 0.29) is 6.42 Å². The molecule has 4 heteroatoms. The standard InChI is InChI=1S/C16H14Cl2FN/c17-12-4-5-14(18)11(8-12)9-15(19)13-3-1-2-10-6-7-20-16(10)13/h1-5,8,15,20H,6-7,9H2. The highest BCUT2D eigenvalue weighted by molar-refractivity contribution is 6.33. The molecule has 0 radical (unpaired) electrons. The Morgan fingerprint density at radius 2 is 2.05 bits per heavy atom. The van der Waals surface area contributed by atoms with Crippen LogP contribution < -0.4 is 5.32 Å². The van der Waals surface area contributed by atoms with Crippen molar-refractivity contribution in [3.63, 3.8) is 0 Å². The van der Waals surface area contributed by atoms with Gasteiger partial charge in [0.1, 0.15) is 6.17 Å². The van der Waals surface area contributed by atoms with Gasteiger partial charge in [0.2, 0.25) is 0 Å². The fourth-order valence-electron chi connectivity index (χ4n) is 2.63. The number of rotatable bonds is 3. The number of hydrogen-bond donors (Lipinski definition) is 1. The van der Waals surface area contributed by atoms with Crippen molar-refractivity contribution in [1.29, 1.82) is 0 Å². The predicted molar refractivity (Wildman–Crippen MR) is 82.7 cm³/mol. The lowest BCUT2D eigenvalue weighted by Crippen LogP contribution is -2.02. The SMILES string of the molecule is FC(Cc1cc(Cl)ccc1Cl)c1cccc2c1NCC2. The van der Waals surface area contributed by atoms with Gasteiger partial charge in [-0.1, -0.05) is 41.4 Å². The number of nitrogens with one attached hydrogen (secondary N) is 1. The first-order valence-corrected chi connectivity index (χ1v) is 7.34. The van der Waals surface area contributed by atoms with E-state index in [1.165, 1.54) is 5.56 Å². The molecule has 1 nitrogen and oxygen atoms in total. The average Bonchev–Trinajstić information content (AvgIpc) is 2.91. The molecule has 0 saturated carbocycles. The lowest BCUT2D eigenvalue weighted by Gasteiger charge is -2.14. The third kappa shape index (κ3) is 2.63. The number of halogens is 3. The Morgan fingerprint density at radius 1 is 1.20 bits per heavy atom. The smallest absolute Gasteiger partial charge is 0.131 e. The number of hydrogen-bond acceptors (Lipinski definition) is 1. The molecular weight excluding hydrogens is 296 g/mol. The van der Waals surface area contributed by atoms with Gasteiger partial charge in [0.05, 0.1) is 0 Å². The molecule has 0 aliphatic carbocycles. The normalized spacial score (nSPS) is 14.8. The molecule has 0 saturated heterocycles. The van der Waals surface area contributed by atoms with E-state index in [1.54, 1.807) is 18.2 Å². The second kappa shape index (κ2) is 5.63. The molecule has 2 aromatic rings. The molecule has 1 N–H and O–H groups in total. The molecule has 1 atom stereocenters. The highest BCUT2D eigenvalue weighted by atomic mass is 35.5. The Morgan fingerprint density at radius 3 is 2.90 bits per heavy atom. The maximum absolute atomic E-state index is 14.6. The first-order chi connectivity index (χ1) is 9.65. The lowest BCUT2D eigenvalue weighted by atomic mass is 9.99. The van der Waals surface area contributed by atoms with E-state index < -0.39 is 6.17 Å². The van der Waals surface area contributed by atoms with Gasteiger partial charge in [-0.25, -0.2) is 4.39 Å². The van der Waals surface area contributed by atoms with Crippen LogP contribution in [0.5, 0.6) is 0 Å². The van der Waals surface area contributed by atoms with E-state index in [9.17, 15) is 4.39 Å². The summed E-state index contributed by atoms with van der Waals surface area (Å²) in [6.45, 7) is 0.872. The Kier molecular flexibility index (Phi) is 3.86. The summed E-state index contributed by atoms with van der Waals surface area (Å²) in [5.74, 6) is 0. The molecule has 0 fully saturated rings. The van der Waals surface area contributed by atoms with Crippen LogP contribution >= 0.6 is 23.2 Å². The molecule has 1 aliphatic heterocycles. The summed E-state index contributed by atoms with van der Waals surface area (Å²) in [5, 5.41) is 4.39. The largest absolute Gasteiger partial charge is 0.384 e. The second-order valence-corrected chi connectivity index (χ2v) is 5.81. The zero-order valence-corrected chi connectivity index (χ0v) is 12.3. The molecule has 1 aliphatic rings. The third-order valence-electron chi connectivity index (χ3n) is 3.62. The Balaban J connectivity index is 1.88. The summed E-state index contributed by atoms with van der Waals surface area (Å²) >= 11 is 12.1. The minimum absolute atomic E-state index is 0.234. The van der Waals surface area contributed by atoms with Crippen molar-refractivity contribution in [2.75, 3.05) is 11.9 Å². The molecule has 20 heavy (non-hydrogen) atoms. The number of alkyl halides is 1. The van der Waals surface area contributed by atoms with Crippen LogP contribution in [0.3, 0.4) is 0 Å². The van der Waals surface area contributed by atoms with Crippen molar-refractivity contribution in [2.24, 2.45) is 0 Å². The second-order valence-electron chi connectivity index (χ2n) is 4.97. The van der Waals surface area contributed by atoms with Crippen LogP contribution in [0.25, 0.3) is 0 Å². The molecule has 0 spiro atoms. The molecular formula is C16H14Cl2FN. The minimum Gasteiger partial charge on any atom is -0.384 e. The maximum Gasteiger partial charge on any atom is 0.131 e. The number of anilines is 1. The first kappa shape index (κ1) is 13.7. The van der Waals surface area contributed by atoms with E-state index in [2.05, 4.69) is 5.32 Å². The van der Waals surface area contributed by atoms with Crippen molar-refractivity contribution in [3.05, 3.63) is 63.1 Å². The molecule has 1 unspecified atom stereocenters. The van der Waals surface area contributed by atoms with Gasteiger partial charge in [0.15, 0.2) is 0 Å². The Bertz CT molecular complexity index is 642. The fraction of sp³-hybridized carbons (Fsp3) is 0.250.